The first-order valence-electron chi connectivity index (χ1n) is 5.19. The van der Waals surface area contributed by atoms with Crippen molar-refractivity contribution in [3.05, 3.63) is 41.8 Å². The molecule has 1 heterocycles. The van der Waals surface area contributed by atoms with Gasteiger partial charge in [0.15, 0.2) is 0 Å². The summed E-state index contributed by atoms with van der Waals surface area (Å²) in [6.45, 7) is 4.05. The van der Waals surface area contributed by atoms with E-state index in [0.29, 0.717) is 11.5 Å². The number of para-hydroxylation sites is 1. The monoisotopic (exact) mass is 219 g/mol. The number of nitrogens with zero attached hydrogens (tertiary/aromatic N) is 2. The number of nitrogens with two attached hydrogens (primary N) is 1. The number of rotatable bonds is 2. The Morgan fingerprint density at radius 1 is 1.31 bits per heavy atom. The Morgan fingerprint density at radius 2 is 2.00 bits per heavy atom. The van der Waals surface area contributed by atoms with Gasteiger partial charge in [0.05, 0.1) is 6.20 Å². The van der Waals surface area contributed by atoms with Crippen LogP contribution in [-0.2, 0) is 0 Å². The Labute approximate surface area is 93.7 Å². The van der Waals surface area contributed by atoms with E-state index in [4.69, 9.17) is 5.73 Å². The Kier molecular flexibility index (Phi) is 2.64. The van der Waals surface area contributed by atoms with Crippen LogP contribution in [0.4, 0.5) is 10.2 Å². The van der Waals surface area contributed by atoms with Crippen molar-refractivity contribution in [2.75, 3.05) is 5.73 Å². The first kappa shape index (κ1) is 10.7. The highest BCUT2D eigenvalue weighted by Gasteiger charge is 2.13. The third-order valence-corrected chi connectivity index (χ3v) is 2.54. The van der Waals surface area contributed by atoms with Gasteiger partial charge < -0.3 is 5.73 Å². The molecule has 1 aromatic heterocycles. The maximum Gasteiger partial charge on any atom is 0.148 e. The third-order valence-electron chi connectivity index (χ3n) is 2.54. The standard InChI is InChI=1S/C12H14FN3/c1-8(2)9-7-15-16(12(9)14)11-6-4-3-5-10(11)13/h3-8H,14H2,1-2H3. The van der Waals surface area contributed by atoms with Crippen LogP contribution in [0, 0.1) is 5.82 Å². The van der Waals surface area contributed by atoms with Crippen LogP contribution < -0.4 is 5.73 Å². The fraction of sp³-hybridized carbons (Fsp3) is 0.250. The Hall–Kier alpha value is -1.84. The van der Waals surface area contributed by atoms with E-state index in [2.05, 4.69) is 5.10 Å². The molecular formula is C12H14FN3. The lowest BCUT2D eigenvalue weighted by atomic mass is 10.1. The van der Waals surface area contributed by atoms with E-state index in [-0.39, 0.29) is 11.7 Å². The molecule has 0 fully saturated rings. The molecule has 2 rings (SSSR count). The zero-order chi connectivity index (χ0) is 11.7. The van der Waals surface area contributed by atoms with Gasteiger partial charge in [-0.15, -0.1) is 0 Å². The summed E-state index contributed by atoms with van der Waals surface area (Å²) in [5, 5.41) is 4.12. The second-order valence-corrected chi connectivity index (χ2v) is 4.00. The number of halogens is 1. The average Bonchev–Trinajstić information content (AvgIpc) is 2.61. The molecule has 0 spiro atoms. The molecule has 84 valence electrons. The van der Waals surface area contributed by atoms with Crippen molar-refractivity contribution in [2.24, 2.45) is 0 Å². The summed E-state index contributed by atoms with van der Waals surface area (Å²) < 4.78 is 15.0. The molecule has 1 aromatic carbocycles. The molecule has 0 amide bonds. The van der Waals surface area contributed by atoms with Gasteiger partial charge in [0.2, 0.25) is 0 Å². The van der Waals surface area contributed by atoms with Crippen LogP contribution in [-0.4, -0.2) is 9.78 Å². The summed E-state index contributed by atoms with van der Waals surface area (Å²) in [4.78, 5) is 0. The summed E-state index contributed by atoms with van der Waals surface area (Å²) in [5.74, 6) is 0.452. The SMILES string of the molecule is CC(C)c1cnn(-c2ccccc2F)c1N. The molecule has 2 aromatic rings. The molecule has 2 N–H and O–H groups in total. The molecule has 4 heteroatoms. The molecule has 0 unspecified atom stereocenters. The summed E-state index contributed by atoms with van der Waals surface area (Å²) in [7, 11) is 0. The minimum atomic E-state index is -0.326. The van der Waals surface area contributed by atoms with E-state index in [1.165, 1.54) is 10.7 Å². The fourth-order valence-electron chi connectivity index (χ4n) is 1.63. The quantitative estimate of drug-likeness (QED) is 0.844. The summed E-state index contributed by atoms with van der Waals surface area (Å²) in [5.41, 5.74) is 7.25. The van der Waals surface area contributed by atoms with E-state index >= 15 is 0 Å². The van der Waals surface area contributed by atoms with Gasteiger partial charge >= 0.3 is 0 Å². The number of hydrogen-bond acceptors (Lipinski definition) is 2. The second kappa shape index (κ2) is 3.96. The summed E-state index contributed by atoms with van der Waals surface area (Å²) in [6, 6.07) is 6.45. The topological polar surface area (TPSA) is 43.8 Å². The van der Waals surface area contributed by atoms with E-state index in [0.717, 1.165) is 5.56 Å². The van der Waals surface area contributed by atoms with Gasteiger partial charge in [-0.25, -0.2) is 9.07 Å². The van der Waals surface area contributed by atoms with Crippen molar-refractivity contribution >= 4 is 5.82 Å². The Morgan fingerprint density at radius 3 is 2.56 bits per heavy atom. The minimum absolute atomic E-state index is 0.278. The number of anilines is 1. The lowest BCUT2D eigenvalue weighted by molar-refractivity contribution is 0.612. The highest BCUT2D eigenvalue weighted by Crippen LogP contribution is 2.24. The maximum atomic E-state index is 13.5. The number of aromatic nitrogens is 2. The van der Waals surface area contributed by atoms with Crippen molar-refractivity contribution in [1.29, 1.82) is 0 Å². The van der Waals surface area contributed by atoms with E-state index < -0.39 is 0 Å². The van der Waals surface area contributed by atoms with Crippen LogP contribution in [0.5, 0.6) is 0 Å². The van der Waals surface area contributed by atoms with Crippen molar-refractivity contribution in [3.8, 4) is 5.69 Å². The van der Waals surface area contributed by atoms with Crippen LogP contribution in [0.1, 0.15) is 25.3 Å². The fourth-order valence-corrected chi connectivity index (χ4v) is 1.63. The zero-order valence-electron chi connectivity index (χ0n) is 9.31. The average molecular weight is 219 g/mol. The van der Waals surface area contributed by atoms with Gasteiger partial charge in [-0.2, -0.15) is 5.10 Å². The van der Waals surface area contributed by atoms with Crippen LogP contribution in [0.2, 0.25) is 0 Å². The molecule has 0 aliphatic carbocycles. The number of benzene rings is 1. The largest absolute Gasteiger partial charge is 0.383 e. The predicted octanol–water partition coefficient (Wildman–Crippen LogP) is 2.72. The smallest absolute Gasteiger partial charge is 0.148 e. The van der Waals surface area contributed by atoms with Gasteiger partial charge in [0.1, 0.15) is 17.3 Å². The van der Waals surface area contributed by atoms with Gasteiger partial charge in [0.25, 0.3) is 0 Å². The number of nitrogen functional groups attached to an aromatic ring is 1. The predicted molar refractivity (Wildman–Crippen MR) is 62.0 cm³/mol. The highest BCUT2D eigenvalue weighted by atomic mass is 19.1. The van der Waals surface area contributed by atoms with Crippen molar-refractivity contribution in [3.63, 3.8) is 0 Å². The summed E-state index contributed by atoms with van der Waals surface area (Å²) in [6.07, 6.45) is 1.69. The van der Waals surface area contributed by atoms with Gasteiger partial charge in [-0.3, -0.25) is 0 Å². The van der Waals surface area contributed by atoms with Gasteiger partial charge in [0, 0.05) is 5.56 Å². The molecule has 0 radical (unpaired) electrons. The molecule has 0 saturated heterocycles. The van der Waals surface area contributed by atoms with Gasteiger partial charge in [-0.1, -0.05) is 26.0 Å². The van der Waals surface area contributed by atoms with Crippen molar-refractivity contribution in [2.45, 2.75) is 19.8 Å². The van der Waals surface area contributed by atoms with Crippen molar-refractivity contribution in [1.82, 2.24) is 9.78 Å². The molecular weight excluding hydrogens is 205 g/mol. The second-order valence-electron chi connectivity index (χ2n) is 4.00. The lowest BCUT2D eigenvalue weighted by Crippen LogP contribution is -2.05. The molecule has 0 bridgehead atoms. The first-order chi connectivity index (χ1) is 7.61. The summed E-state index contributed by atoms with van der Waals surface area (Å²) >= 11 is 0. The van der Waals surface area contributed by atoms with Crippen LogP contribution in [0.3, 0.4) is 0 Å². The normalized spacial score (nSPS) is 11.0. The molecule has 0 aliphatic rings. The number of hydrogen-bond donors (Lipinski definition) is 1. The lowest BCUT2D eigenvalue weighted by Gasteiger charge is -2.07. The highest BCUT2D eigenvalue weighted by molar-refractivity contribution is 5.48. The van der Waals surface area contributed by atoms with Crippen molar-refractivity contribution < 1.29 is 4.39 Å². The van der Waals surface area contributed by atoms with Crippen LogP contribution >= 0.6 is 0 Å². The van der Waals surface area contributed by atoms with Crippen LogP contribution in [0.25, 0.3) is 5.69 Å². The third kappa shape index (κ3) is 1.66. The maximum absolute atomic E-state index is 13.5. The molecule has 0 saturated carbocycles. The van der Waals surface area contributed by atoms with E-state index in [1.807, 2.05) is 13.8 Å². The molecule has 0 atom stereocenters. The van der Waals surface area contributed by atoms with E-state index in [1.54, 1.807) is 24.4 Å². The Balaban J connectivity index is 2.54. The molecule has 3 nitrogen and oxygen atoms in total. The Bertz CT molecular complexity index is 503. The molecule has 0 aliphatic heterocycles. The minimum Gasteiger partial charge on any atom is -0.383 e. The van der Waals surface area contributed by atoms with Crippen LogP contribution in [0.15, 0.2) is 30.5 Å². The molecule has 16 heavy (non-hydrogen) atoms. The van der Waals surface area contributed by atoms with Gasteiger partial charge in [-0.05, 0) is 18.1 Å². The van der Waals surface area contributed by atoms with E-state index in [9.17, 15) is 4.39 Å². The zero-order valence-corrected chi connectivity index (χ0v) is 9.31. The first-order valence-corrected chi connectivity index (χ1v) is 5.19.